The van der Waals surface area contributed by atoms with Gasteiger partial charge >= 0.3 is 6.36 Å². The Morgan fingerprint density at radius 2 is 1.95 bits per heavy atom. The lowest BCUT2D eigenvalue weighted by Gasteiger charge is -2.09. The van der Waals surface area contributed by atoms with Crippen molar-refractivity contribution in [2.45, 2.75) is 6.36 Å². The van der Waals surface area contributed by atoms with Crippen LogP contribution in [0.1, 0.15) is 5.56 Å². The van der Waals surface area contributed by atoms with Crippen molar-refractivity contribution < 1.29 is 31.9 Å². The summed E-state index contributed by atoms with van der Waals surface area (Å²) in [6.45, 7) is 0. The molecule has 20 heavy (non-hydrogen) atoms. The van der Waals surface area contributed by atoms with Crippen LogP contribution in [-0.2, 0) is 4.79 Å². The summed E-state index contributed by atoms with van der Waals surface area (Å²) in [6, 6.07) is 2.36. The average Bonchev–Trinajstić information content (AvgIpc) is 2.60. The van der Waals surface area contributed by atoms with Gasteiger partial charge in [0.15, 0.2) is 0 Å². The maximum atomic E-state index is 13.5. The Bertz CT molecular complexity index is 612. The zero-order chi connectivity index (χ0) is 14.9. The Labute approximate surface area is 113 Å². The quantitative estimate of drug-likeness (QED) is 0.674. The lowest BCUT2D eigenvalue weighted by molar-refractivity contribution is -0.274. The topological polar surface area (TPSA) is 55.4 Å². The van der Waals surface area contributed by atoms with Crippen LogP contribution in [-0.4, -0.2) is 17.5 Å². The molecule has 0 spiro atoms. The predicted molar refractivity (Wildman–Crippen MR) is 62.2 cm³/mol. The maximum absolute atomic E-state index is 13.5. The molecule has 0 atom stereocenters. The highest BCUT2D eigenvalue weighted by Gasteiger charge is 2.31. The molecule has 0 unspecified atom stereocenters. The van der Waals surface area contributed by atoms with Gasteiger partial charge in [-0.05, 0) is 36.0 Å². The van der Waals surface area contributed by atoms with E-state index in [2.05, 4.69) is 4.74 Å². The normalized spacial score (nSPS) is 17.5. The highest BCUT2D eigenvalue weighted by atomic mass is 32.2. The van der Waals surface area contributed by atoms with Crippen LogP contribution in [0.25, 0.3) is 6.08 Å². The van der Waals surface area contributed by atoms with Gasteiger partial charge in [-0.1, -0.05) is 0 Å². The van der Waals surface area contributed by atoms with Crippen molar-refractivity contribution in [2.24, 2.45) is 0 Å². The predicted octanol–water partition coefficient (Wildman–Crippen LogP) is 3.05. The molecule has 1 heterocycles. The van der Waals surface area contributed by atoms with Gasteiger partial charge in [-0.25, -0.2) is 4.39 Å². The number of amides is 2. The number of halogens is 4. The number of thioether (sulfide) groups is 1. The summed E-state index contributed by atoms with van der Waals surface area (Å²) in [4.78, 5) is 22.1. The SMILES string of the molecule is O=C1NC(=O)/C(=C\c2cc(OC(F)(F)F)ccc2F)S1. The molecule has 9 heteroatoms. The van der Waals surface area contributed by atoms with Crippen LogP contribution >= 0.6 is 11.8 Å². The Morgan fingerprint density at radius 1 is 1.25 bits per heavy atom. The van der Waals surface area contributed by atoms with Crippen LogP contribution in [0.4, 0.5) is 22.4 Å². The Kier molecular flexibility index (Phi) is 3.71. The van der Waals surface area contributed by atoms with Crippen molar-refractivity contribution >= 4 is 29.0 Å². The summed E-state index contributed by atoms with van der Waals surface area (Å²) in [5.41, 5.74) is -0.292. The molecular weight excluding hydrogens is 302 g/mol. The van der Waals surface area contributed by atoms with E-state index in [1.165, 1.54) is 0 Å². The number of alkyl halides is 3. The Balaban J connectivity index is 2.32. The van der Waals surface area contributed by atoms with Crippen molar-refractivity contribution in [3.8, 4) is 5.75 Å². The van der Waals surface area contributed by atoms with Crippen molar-refractivity contribution in [3.63, 3.8) is 0 Å². The molecule has 1 aromatic rings. The van der Waals surface area contributed by atoms with Gasteiger partial charge in [-0.3, -0.25) is 14.9 Å². The van der Waals surface area contributed by atoms with E-state index in [1.54, 1.807) is 0 Å². The van der Waals surface area contributed by atoms with Gasteiger partial charge in [-0.2, -0.15) is 0 Å². The first-order chi connectivity index (χ1) is 9.24. The zero-order valence-electron chi connectivity index (χ0n) is 9.45. The number of imide groups is 1. The van der Waals surface area contributed by atoms with E-state index in [-0.39, 0.29) is 10.5 Å². The second kappa shape index (κ2) is 5.16. The fourth-order valence-corrected chi connectivity index (χ4v) is 2.06. The molecule has 2 amide bonds. The molecule has 0 bridgehead atoms. The monoisotopic (exact) mass is 307 g/mol. The van der Waals surface area contributed by atoms with Gasteiger partial charge in [-0.15, -0.1) is 13.2 Å². The summed E-state index contributed by atoms with van der Waals surface area (Å²) < 4.78 is 53.3. The molecular formula is C11H5F4NO3S. The number of ether oxygens (including phenoxy) is 1. The highest BCUT2D eigenvalue weighted by molar-refractivity contribution is 8.18. The van der Waals surface area contributed by atoms with E-state index >= 15 is 0 Å². The van der Waals surface area contributed by atoms with Crippen molar-refractivity contribution in [1.29, 1.82) is 0 Å². The molecule has 1 aromatic carbocycles. The molecule has 1 aliphatic heterocycles. The molecule has 1 fully saturated rings. The summed E-state index contributed by atoms with van der Waals surface area (Å²) >= 11 is 0.528. The lowest BCUT2D eigenvalue weighted by Crippen LogP contribution is -2.18. The van der Waals surface area contributed by atoms with Crippen molar-refractivity contribution in [1.82, 2.24) is 5.32 Å². The standard InChI is InChI=1S/C11H5F4NO3S/c12-7-2-1-6(19-11(13,14)15)3-5(7)4-8-9(17)16-10(18)20-8/h1-4H,(H,16,17,18)/b8-4+. The molecule has 106 valence electrons. The minimum atomic E-state index is -4.91. The van der Waals surface area contributed by atoms with Crippen LogP contribution < -0.4 is 10.1 Å². The Morgan fingerprint density at radius 3 is 2.50 bits per heavy atom. The van der Waals surface area contributed by atoms with Gasteiger partial charge in [0, 0.05) is 5.56 Å². The van der Waals surface area contributed by atoms with E-state index in [4.69, 9.17) is 0 Å². The molecule has 0 saturated carbocycles. The summed E-state index contributed by atoms with van der Waals surface area (Å²) in [7, 11) is 0. The number of carbonyl (C=O) groups excluding carboxylic acids is 2. The number of hydrogen-bond donors (Lipinski definition) is 1. The van der Waals surface area contributed by atoms with Gasteiger partial charge in [0.25, 0.3) is 11.1 Å². The molecule has 1 aliphatic rings. The minimum Gasteiger partial charge on any atom is -0.406 e. The first-order valence-electron chi connectivity index (χ1n) is 5.05. The van der Waals surface area contributed by atoms with Gasteiger partial charge in [0.2, 0.25) is 0 Å². The largest absolute Gasteiger partial charge is 0.573 e. The smallest absolute Gasteiger partial charge is 0.406 e. The average molecular weight is 307 g/mol. The zero-order valence-corrected chi connectivity index (χ0v) is 10.3. The Hall–Kier alpha value is -2.03. The van der Waals surface area contributed by atoms with E-state index in [0.717, 1.165) is 24.3 Å². The van der Waals surface area contributed by atoms with E-state index in [9.17, 15) is 27.2 Å². The second-order valence-corrected chi connectivity index (χ2v) is 4.60. The van der Waals surface area contributed by atoms with E-state index in [0.29, 0.717) is 11.8 Å². The molecule has 4 nitrogen and oxygen atoms in total. The molecule has 2 rings (SSSR count). The van der Waals surface area contributed by atoms with Crippen LogP contribution in [0.2, 0.25) is 0 Å². The first kappa shape index (κ1) is 14.4. The maximum Gasteiger partial charge on any atom is 0.573 e. The number of carbonyl (C=O) groups is 2. The van der Waals surface area contributed by atoms with E-state index in [1.807, 2.05) is 5.32 Å². The van der Waals surface area contributed by atoms with Gasteiger partial charge in [0.1, 0.15) is 11.6 Å². The highest BCUT2D eigenvalue weighted by Crippen LogP contribution is 2.29. The van der Waals surface area contributed by atoms with Crippen LogP contribution in [0.15, 0.2) is 23.1 Å². The van der Waals surface area contributed by atoms with Gasteiger partial charge < -0.3 is 4.74 Å². The third-order valence-electron chi connectivity index (χ3n) is 2.13. The number of nitrogens with one attached hydrogen (secondary N) is 1. The van der Waals surface area contributed by atoms with Crippen molar-refractivity contribution in [3.05, 3.63) is 34.5 Å². The lowest BCUT2D eigenvalue weighted by atomic mass is 10.2. The van der Waals surface area contributed by atoms with E-state index < -0.39 is 29.1 Å². The second-order valence-electron chi connectivity index (χ2n) is 3.58. The number of benzene rings is 1. The number of rotatable bonds is 2. The third-order valence-corrected chi connectivity index (χ3v) is 2.94. The molecule has 0 aliphatic carbocycles. The first-order valence-corrected chi connectivity index (χ1v) is 5.86. The minimum absolute atomic E-state index is 0.113. The summed E-state index contributed by atoms with van der Waals surface area (Å²) in [6.07, 6.45) is -3.93. The van der Waals surface area contributed by atoms with Gasteiger partial charge in [0.05, 0.1) is 4.91 Å². The molecule has 1 saturated heterocycles. The van der Waals surface area contributed by atoms with Crippen LogP contribution in [0, 0.1) is 5.82 Å². The fourth-order valence-electron chi connectivity index (χ4n) is 1.39. The summed E-state index contributed by atoms with van der Waals surface area (Å²) in [5, 5.41) is 1.31. The fraction of sp³-hybridized carbons (Fsp3) is 0.0909. The number of hydrogen-bond acceptors (Lipinski definition) is 4. The molecule has 0 radical (unpaired) electrons. The summed E-state index contributed by atoms with van der Waals surface area (Å²) in [5.74, 6) is -2.21. The molecule has 1 N–H and O–H groups in total. The van der Waals surface area contributed by atoms with Crippen molar-refractivity contribution in [2.75, 3.05) is 0 Å². The van der Waals surface area contributed by atoms with Crippen LogP contribution in [0.5, 0.6) is 5.75 Å². The third kappa shape index (κ3) is 3.50. The van der Waals surface area contributed by atoms with Crippen LogP contribution in [0.3, 0.4) is 0 Å². The molecule has 0 aromatic heterocycles.